The quantitative estimate of drug-likeness (QED) is 0.754. The Balaban J connectivity index is 1.92. The summed E-state index contributed by atoms with van der Waals surface area (Å²) in [5.74, 6) is -0.153. The van der Waals surface area contributed by atoms with Gasteiger partial charge in [-0.2, -0.15) is 0 Å². The minimum Gasteiger partial charge on any atom is -0.466 e. The topological polar surface area (TPSA) is 51.7 Å². The summed E-state index contributed by atoms with van der Waals surface area (Å²) in [6.07, 6.45) is 2.10. The van der Waals surface area contributed by atoms with Gasteiger partial charge >= 0.3 is 5.97 Å². The molecule has 0 aliphatic carbocycles. The first-order valence-corrected chi connectivity index (χ1v) is 8.07. The van der Waals surface area contributed by atoms with Crippen LogP contribution in [0.25, 0.3) is 0 Å². The second kappa shape index (κ2) is 7.59. The third kappa shape index (κ3) is 3.93. The molecule has 1 aromatic heterocycles. The van der Waals surface area contributed by atoms with Crippen LogP contribution in [0, 0.1) is 0 Å². The molecular formula is C14H22N2O3S. The van der Waals surface area contributed by atoms with Gasteiger partial charge in [0.05, 0.1) is 38.0 Å². The Morgan fingerprint density at radius 2 is 2.45 bits per heavy atom. The monoisotopic (exact) mass is 298 g/mol. The van der Waals surface area contributed by atoms with Crippen molar-refractivity contribution in [3.05, 3.63) is 11.1 Å². The van der Waals surface area contributed by atoms with Gasteiger partial charge in [-0.05, 0) is 13.3 Å². The lowest BCUT2D eigenvalue weighted by Crippen LogP contribution is -2.45. The smallest absolute Gasteiger partial charge is 0.306 e. The molecule has 5 nitrogen and oxygen atoms in total. The van der Waals surface area contributed by atoms with Gasteiger partial charge in [-0.1, -0.05) is 6.92 Å². The zero-order valence-corrected chi connectivity index (χ0v) is 12.9. The Kier molecular flexibility index (Phi) is 5.79. The van der Waals surface area contributed by atoms with E-state index in [9.17, 15) is 4.79 Å². The van der Waals surface area contributed by atoms with Crippen LogP contribution in [0.3, 0.4) is 0 Å². The number of thiazole rings is 1. The normalized spacial score (nSPS) is 19.1. The standard InChI is InChI=1S/C14H22N2O3S/c1-3-12-9-18-8-7-16(12)14-15-11(10-20-14)5-6-13(17)19-4-2/h10,12H,3-9H2,1-2H3. The third-order valence-electron chi connectivity index (χ3n) is 3.37. The fraction of sp³-hybridized carbons (Fsp3) is 0.714. The zero-order chi connectivity index (χ0) is 14.4. The minimum atomic E-state index is -0.153. The van der Waals surface area contributed by atoms with Crippen molar-refractivity contribution in [2.45, 2.75) is 39.2 Å². The summed E-state index contributed by atoms with van der Waals surface area (Å²) in [7, 11) is 0. The van der Waals surface area contributed by atoms with Crippen molar-refractivity contribution in [1.82, 2.24) is 4.98 Å². The van der Waals surface area contributed by atoms with E-state index in [0.717, 1.165) is 37.0 Å². The number of esters is 1. The van der Waals surface area contributed by atoms with Gasteiger partial charge in [-0.3, -0.25) is 4.79 Å². The van der Waals surface area contributed by atoms with E-state index in [-0.39, 0.29) is 5.97 Å². The molecule has 1 unspecified atom stereocenters. The molecule has 1 aromatic rings. The number of anilines is 1. The molecule has 0 amide bonds. The van der Waals surface area contributed by atoms with Crippen molar-refractivity contribution in [3.8, 4) is 0 Å². The van der Waals surface area contributed by atoms with E-state index in [1.807, 2.05) is 12.3 Å². The van der Waals surface area contributed by atoms with Crippen molar-refractivity contribution >= 4 is 22.4 Å². The molecule has 2 rings (SSSR count). The fourth-order valence-electron chi connectivity index (χ4n) is 2.25. The first-order valence-electron chi connectivity index (χ1n) is 7.19. The summed E-state index contributed by atoms with van der Waals surface area (Å²) in [5.41, 5.74) is 0.972. The molecule has 0 saturated carbocycles. The van der Waals surface area contributed by atoms with Crippen molar-refractivity contribution < 1.29 is 14.3 Å². The summed E-state index contributed by atoms with van der Waals surface area (Å²) in [4.78, 5) is 18.3. The number of nitrogens with zero attached hydrogens (tertiary/aromatic N) is 2. The number of carbonyl (C=O) groups excluding carboxylic acids is 1. The molecule has 1 aliphatic rings. The second-order valence-corrected chi connectivity index (χ2v) is 5.59. The van der Waals surface area contributed by atoms with E-state index >= 15 is 0 Å². The van der Waals surface area contributed by atoms with E-state index in [1.54, 1.807) is 11.3 Å². The Morgan fingerprint density at radius 1 is 1.60 bits per heavy atom. The number of ether oxygens (including phenoxy) is 2. The SMILES string of the molecule is CCOC(=O)CCc1csc(N2CCOCC2CC)n1. The molecule has 1 atom stereocenters. The largest absolute Gasteiger partial charge is 0.466 e. The molecule has 2 heterocycles. The number of rotatable bonds is 6. The summed E-state index contributed by atoms with van der Waals surface area (Å²) >= 11 is 1.65. The summed E-state index contributed by atoms with van der Waals surface area (Å²) in [6.45, 7) is 6.85. The molecular weight excluding hydrogens is 276 g/mol. The van der Waals surface area contributed by atoms with Crippen LogP contribution in [0.5, 0.6) is 0 Å². The predicted octanol–water partition coefficient (Wildman–Crippen LogP) is 2.25. The number of hydrogen-bond acceptors (Lipinski definition) is 6. The lowest BCUT2D eigenvalue weighted by atomic mass is 10.2. The van der Waals surface area contributed by atoms with E-state index in [1.165, 1.54) is 0 Å². The zero-order valence-electron chi connectivity index (χ0n) is 12.1. The van der Waals surface area contributed by atoms with Crippen LogP contribution in [-0.4, -0.2) is 43.4 Å². The molecule has 6 heteroatoms. The molecule has 1 aliphatic heterocycles. The predicted molar refractivity (Wildman–Crippen MR) is 79.3 cm³/mol. The molecule has 0 aromatic carbocycles. The number of morpholine rings is 1. The van der Waals surface area contributed by atoms with Crippen LogP contribution >= 0.6 is 11.3 Å². The minimum absolute atomic E-state index is 0.153. The maximum atomic E-state index is 11.3. The number of aromatic nitrogens is 1. The molecule has 112 valence electrons. The van der Waals surface area contributed by atoms with Crippen LogP contribution in [-0.2, 0) is 20.7 Å². The molecule has 0 N–H and O–H groups in total. The van der Waals surface area contributed by atoms with Gasteiger partial charge in [0, 0.05) is 18.3 Å². The molecule has 0 bridgehead atoms. The summed E-state index contributed by atoms with van der Waals surface area (Å²) in [6, 6.07) is 0.410. The van der Waals surface area contributed by atoms with E-state index in [4.69, 9.17) is 9.47 Å². The van der Waals surface area contributed by atoms with Gasteiger partial charge in [-0.15, -0.1) is 11.3 Å². The first-order chi connectivity index (χ1) is 9.74. The number of hydrogen-bond donors (Lipinski definition) is 0. The van der Waals surface area contributed by atoms with Crippen LogP contribution < -0.4 is 4.90 Å². The van der Waals surface area contributed by atoms with Crippen LogP contribution in [0.1, 0.15) is 32.4 Å². The average molecular weight is 298 g/mol. The van der Waals surface area contributed by atoms with Crippen LogP contribution in [0.2, 0.25) is 0 Å². The van der Waals surface area contributed by atoms with Gasteiger partial charge in [0.15, 0.2) is 5.13 Å². The molecule has 1 fully saturated rings. The van der Waals surface area contributed by atoms with Crippen LogP contribution in [0.4, 0.5) is 5.13 Å². The van der Waals surface area contributed by atoms with Crippen molar-refractivity contribution in [1.29, 1.82) is 0 Å². The van der Waals surface area contributed by atoms with Gasteiger partial charge < -0.3 is 14.4 Å². The average Bonchev–Trinajstić information content (AvgIpc) is 2.94. The maximum absolute atomic E-state index is 11.3. The van der Waals surface area contributed by atoms with Gasteiger partial charge in [0.25, 0.3) is 0 Å². The maximum Gasteiger partial charge on any atom is 0.306 e. The second-order valence-electron chi connectivity index (χ2n) is 4.76. The third-order valence-corrected chi connectivity index (χ3v) is 4.30. The lowest BCUT2D eigenvalue weighted by molar-refractivity contribution is -0.143. The number of aryl methyl sites for hydroxylation is 1. The van der Waals surface area contributed by atoms with E-state index in [0.29, 0.717) is 25.5 Å². The molecule has 0 spiro atoms. The molecule has 20 heavy (non-hydrogen) atoms. The Morgan fingerprint density at radius 3 is 3.20 bits per heavy atom. The van der Waals surface area contributed by atoms with Gasteiger partial charge in [-0.25, -0.2) is 4.98 Å². The Hall–Kier alpha value is -1.14. The number of carbonyl (C=O) groups is 1. The van der Waals surface area contributed by atoms with Crippen molar-refractivity contribution in [2.24, 2.45) is 0 Å². The highest BCUT2D eigenvalue weighted by Gasteiger charge is 2.23. The van der Waals surface area contributed by atoms with E-state index < -0.39 is 0 Å². The highest BCUT2D eigenvalue weighted by Crippen LogP contribution is 2.25. The van der Waals surface area contributed by atoms with Crippen LogP contribution in [0.15, 0.2) is 5.38 Å². The lowest BCUT2D eigenvalue weighted by Gasteiger charge is -2.34. The Bertz CT molecular complexity index is 436. The van der Waals surface area contributed by atoms with Crippen molar-refractivity contribution in [3.63, 3.8) is 0 Å². The molecule has 1 saturated heterocycles. The highest BCUT2D eigenvalue weighted by atomic mass is 32.1. The highest BCUT2D eigenvalue weighted by molar-refractivity contribution is 7.13. The van der Waals surface area contributed by atoms with E-state index in [2.05, 4.69) is 16.8 Å². The van der Waals surface area contributed by atoms with Gasteiger partial charge in [0.2, 0.25) is 0 Å². The van der Waals surface area contributed by atoms with Crippen molar-refractivity contribution in [2.75, 3.05) is 31.3 Å². The summed E-state index contributed by atoms with van der Waals surface area (Å²) in [5, 5.41) is 3.08. The summed E-state index contributed by atoms with van der Waals surface area (Å²) < 4.78 is 10.4. The molecule has 0 radical (unpaired) electrons. The fourth-order valence-corrected chi connectivity index (χ4v) is 3.21. The first kappa shape index (κ1) is 15.3. The Labute approximate surface area is 123 Å². The van der Waals surface area contributed by atoms with Gasteiger partial charge in [0.1, 0.15) is 0 Å².